The number of amides is 2. The highest BCUT2D eigenvalue weighted by atomic mass is 16.5. The Morgan fingerprint density at radius 3 is 2.25 bits per heavy atom. The molecule has 2 N–H and O–H groups in total. The van der Waals surface area contributed by atoms with Crippen LogP contribution in [-0.4, -0.2) is 18.0 Å². The molecule has 148 valence electrons. The largest absolute Gasteiger partial charge is 0.445 e. The fraction of sp³-hybridized carbons (Fsp3) is 0.391. The lowest BCUT2D eigenvalue weighted by Gasteiger charge is -2.22. The van der Waals surface area contributed by atoms with E-state index >= 15 is 0 Å². The molecule has 1 aliphatic carbocycles. The predicted molar refractivity (Wildman–Crippen MR) is 108 cm³/mol. The van der Waals surface area contributed by atoms with Gasteiger partial charge in [0.2, 0.25) is 5.91 Å². The van der Waals surface area contributed by atoms with Gasteiger partial charge in [0.05, 0.1) is 11.5 Å². The Hall–Kier alpha value is -2.82. The van der Waals surface area contributed by atoms with E-state index in [2.05, 4.69) is 10.6 Å². The molecule has 2 amide bonds. The number of alkyl carbamates (subject to hydrolysis) is 1. The van der Waals surface area contributed by atoms with Crippen molar-refractivity contribution in [2.75, 3.05) is 0 Å². The second-order valence-corrected chi connectivity index (χ2v) is 7.95. The Morgan fingerprint density at radius 2 is 1.64 bits per heavy atom. The van der Waals surface area contributed by atoms with Crippen LogP contribution >= 0.6 is 0 Å². The zero-order valence-corrected chi connectivity index (χ0v) is 16.6. The fourth-order valence-corrected chi connectivity index (χ4v) is 3.54. The summed E-state index contributed by atoms with van der Waals surface area (Å²) in [6.07, 6.45) is 0.251. The molecule has 0 aromatic heterocycles. The first-order chi connectivity index (χ1) is 13.4. The van der Waals surface area contributed by atoms with Gasteiger partial charge in [-0.15, -0.1) is 0 Å². The summed E-state index contributed by atoms with van der Waals surface area (Å²) < 4.78 is 5.40. The number of nitrogens with one attached hydrogen (secondary N) is 2. The number of carbonyl (C=O) groups excluding carboxylic acids is 2. The van der Waals surface area contributed by atoms with E-state index < -0.39 is 11.5 Å². The van der Waals surface area contributed by atoms with Crippen LogP contribution in [0.4, 0.5) is 4.79 Å². The second kappa shape index (κ2) is 8.46. The molecule has 1 aliphatic rings. The van der Waals surface area contributed by atoms with Gasteiger partial charge in [-0.2, -0.15) is 0 Å². The highest BCUT2D eigenvalue weighted by molar-refractivity contribution is 5.86. The molecule has 2 aromatic rings. The van der Waals surface area contributed by atoms with Gasteiger partial charge in [-0.05, 0) is 37.3 Å². The number of carbonyl (C=O) groups is 2. The summed E-state index contributed by atoms with van der Waals surface area (Å²) in [7, 11) is 0. The topological polar surface area (TPSA) is 67.4 Å². The van der Waals surface area contributed by atoms with E-state index in [4.69, 9.17) is 4.74 Å². The van der Waals surface area contributed by atoms with Gasteiger partial charge in [-0.3, -0.25) is 4.79 Å². The highest BCUT2D eigenvalue weighted by Crippen LogP contribution is 2.58. The molecule has 0 saturated heterocycles. The van der Waals surface area contributed by atoms with Crippen LogP contribution in [0.2, 0.25) is 0 Å². The number of benzene rings is 2. The van der Waals surface area contributed by atoms with Crippen LogP contribution in [0.15, 0.2) is 60.7 Å². The van der Waals surface area contributed by atoms with Crippen LogP contribution in [0.1, 0.15) is 44.4 Å². The SMILES string of the molecule is CC(C)NC(=O)C1(C)CC1C(NC(=O)OCc1ccccc1)c1ccccc1. The minimum Gasteiger partial charge on any atom is -0.445 e. The Balaban J connectivity index is 1.69. The van der Waals surface area contributed by atoms with Gasteiger partial charge in [-0.25, -0.2) is 4.79 Å². The molecule has 28 heavy (non-hydrogen) atoms. The van der Waals surface area contributed by atoms with Gasteiger partial charge in [0.25, 0.3) is 0 Å². The number of hydrogen-bond donors (Lipinski definition) is 2. The van der Waals surface area contributed by atoms with Crippen molar-refractivity contribution in [3.63, 3.8) is 0 Å². The molecule has 3 atom stereocenters. The molecule has 5 heteroatoms. The van der Waals surface area contributed by atoms with Crippen LogP contribution in [0.5, 0.6) is 0 Å². The lowest BCUT2D eigenvalue weighted by atomic mass is 9.95. The Kier molecular flexibility index (Phi) is 6.02. The number of hydrogen-bond acceptors (Lipinski definition) is 3. The Bertz CT molecular complexity index is 807. The molecule has 1 fully saturated rings. The Morgan fingerprint density at radius 1 is 1.04 bits per heavy atom. The Labute approximate surface area is 166 Å². The van der Waals surface area contributed by atoms with E-state index in [-0.39, 0.29) is 30.5 Å². The lowest BCUT2D eigenvalue weighted by molar-refractivity contribution is -0.126. The molecule has 2 aromatic carbocycles. The summed E-state index contributed by atoms with van der Waals surface area (Å²) in [4.78, 5) is 25.1. The molecule has 0 bridgehead atoms. The number of ether oxygens (including phenoxy) is 1. The lowest BCUT2D eigenvalue weighted by Crippen LogP contribution is -2.38. The van der Waals surface area contributed by atoms with Crippen molar-refractivity contribution in [3.05, 3.63) is 71.8 Å². The molecule has 5 nitrogen and oxygen atoms in total. The van der Waals surface area contributed by atoms with Gasteiger partial charge in [0, 0.05) is 6.04 Å². The summed E-state index contributed by atoms with van der Waals surface area (Å²) in [5, 5.41) is 5.99. The van der Waals surface area contributed by atoms with Crippen molar-refractivity contribution in [1.29, 1.82) is 0 Å². The van der Waals surface area contributed by atoms with Gasteiger partial charge >= 0.3 is 6.09 Å². The third-order valence-corrected chi connectivity index (χ3v) is 5.29. The van der Waals surface area contributed by atoms with E-state index in [1.807, 2.05) is 81.4 Å². The van der Waals surface area contributed by atoms with Crippen molar-refractivity contribution in [2.24, 2.45) is 11.3 Å². The van der Waals surface area contributed by atoms with Crippen molar-refractivity contribution < 1.29 is 14.3 Å². The first-order valence-electron chi connectivity index (χ1n) is 9.73. The van der Waals surface area contributed by atoms with Crippen molar-refractivity contribution in [3.8, 4) is 0 Å². The molecule has 0 spiro atoms. The van der Waals surface area contributed by atoms with E-state index in [9.17, 15) is 9.59 Å². The fourth-order valence-electron chi connectivity index (χ4n) is 3.54. The maximum atomic E-state index is 12.6. The second-order valence-electron chi connectivity index (χ2n) is 7.95. The minimum atomic E-state index is -0.489. The summed E-state index contributed by atoms with van der Waals surface area (Å²) in [5.41, 5.74) is 1.42. The van der Waals surface area contributed by atoms with Crippen molar-refractivity contribution >= 4 is 12.0 Å². The van der Waals surface area contributed by atoms with E-state index in [0.717, 1.165) is 17.5 Å². The van der Waals surface area contributed by atoms with Gasteiger partial charge in [0.15, 0.2) is 0 Å². The smallest absolute Gasteiger partial charge is 0.407 e. The molecular weight excluding hydrogens is 352 g/mol. The molecule has 0 radical (unpaired) electrons. The third-order valence-electron chi connectivity index (χ3n) is 5.29. The molecule has 0 heterocycles. The molecular formula is C23H28N2O3. The first kappa shape index (κ1) is 19.9. The average Bonchev–Trinajstić information content (AvgIpc) is 3.38. The van der Waals surface area contributed by atoms with Crippen LogP contribution in [0.3, 0.4) is 0 Å². The van der Waals surface area contributed by atoms with Crippen LogP contribution in [0.25, 0.3) is 0 Å². The van der Waals surface area contributed by atoms with Crippen LogP contribution < -0.4 is 10.6 Å². The monoisotopic (exact) mass is 380 g/mol. The summed E-state index contributed by atoms with van der Waals surface area (Å²) in [6, 6.07) is 19.1. The van der Waals surface area contributed by atoms with E-state index in [1.54, 1.807) is 0 Å². The zero-order chi connectivity index (χ0) is 20.1. The first-order valence-corrected chi connectivity index (χ1v) is 9.73. The maximum Gasteiger partial charge on any atom is 0.407 e. The van der Waals surface area contributed by atoms with Crippen molar-refractivity contribution in [2.45, 2.75) is 45.9 Å². The molecule has 0 aliphatic heterocycles. The van der Waals surface area contributed by atoms with Crippen LogP contribution in [0, 0.1) is 11.3 Å². The average molecular weight is 380 g/mol. The third kappa shape index (κ3) is 4.71. The maximum absolute atomic E-state index is 12.6. The predicted octanol–water partition coefficient (Wildman–Crippen LogP) is 4.20. The van der Waals surface area contributed by atoms with E-state index in [1.165, 1.54) is 0 Å². The van der Waals surface area contributed by atoms with E-state index in [0.29, 0.717) is 0 Å². The van der Waals surface area contributed by atoms with Crippen LogP contribution in [-0.2, 0) is 16.1 Å². The van der Waals surface area contributed by atoms with Gasteiger partial charge in [0.1, 0.15) is 6.61 Å². The van der Waals surface area contributed by atoms with Gasteiger partial charge in [-0.1, -0.05) is 67.6 Å². The quantitative estimate of drug-likeness (QED) is 0.756. The van der Waals surface area contributed by atoms with Gasteiger partial charge < -0.3 is 15.4 Å². The zero-order valence-electron chi connectivity index (χ0n) is 16.6. The van der Waals surface area contributed by atoms with Crippen molar-refractivity contribution in [1.82, 2.24) is 10.6 Å². The molecule has 3 rings (SSSR count). The normalized spacial score (nSPS) is 21.6. The summed E-state index contributed by atoms with van der Waals surface area (Å²) >= 11 is 0. The highest BCUT2D eigenvalue weighted by Gasteiger charge is 2.59. The molecule has 3 unspecified atom stereocenters. The number of rotatable bonds is 7. The standard InChI is InChI=1S/C23H28N2O3/c1-16(2)24-21(26)23(3)14-19(23)20(18-12-8-5-9-13-18)25-22(27)28-15-17-10-6-4-7-11-17/h4-13,16,19-20H,14-15H2,1-3H3,(H,24,26)(H,25,27). The minimum absolute atomic E-state index is 0.0259. The molecule has 1 saturated carbocycles. The summed E-state index contributed by atoms with van der Waals surface area (Å²) in [5.74, 6) is 0.0609. The summed E-state index contributed by atoms with van der Waals surface area (Å²) in [6.45, 7) is 6.07.